The summed E-state index contributed by atoms with van der Waals surface area (Å²) in [7, 11) is 0. The van der Waals surface area contributed by atoms with Crippen LogP contribution in [0.25, 0.3) is 59.5 Å². The van der Waals surface area contributed by atoms with Crippen LogP contribution in [0.2, 0.25) is 0 Å². The topological polar surface area (TPSA) is 43.6 Å². The maximum Gasteiger partial charge on any atom is 0.147 e. The van der Waals surface area contributed by atoms with Crippen molar-refractivity contribution in [2.24, 2.45) is 0 Å². The average molecular weight is 556 g/mol. The van der Waals surface area contributed by atoms with Gasteiger partial charge in [-0.1, -0.05) is 64.1 Å². The summed E-state index contributed by atoms with van der Waals surface area (Å²) in [6, 6.07) is 24.6. The number of nitrogens with zero attached hydrogens (tertiary/aromatic N) is 4. The lowest BCUT2D eigenvalue weighted by atomic mass is 9.88. The lowest BCUT2D eigenvalue weighted by Crippen LogP contribution is -2.09. The first-order valence-corrected chi connectivity index (χ1v) is 14.8. The first-order valence-electron chi connectivity index (χ1n) is 15.5. The van der Waals surface area contributed by atoms with Crippen LogP contribution in [0.4, 0.5) is 0 Å². The van der Waals surface area contributed by atoms with Crippen molar-refractivity contribution in [2.45, 2.75) is 46.4 Å². The minimum absolute atomic E-state index is 0.222. The molecule has 0 bridgehead atoms. The van der Waals surface area contributed by atoms with E-state index in [1.807, 2.05) is 36.5 Å². The van der Waals surface area contributed by atoms with Crippen LogP contribution in [0, 0.1) is 6.85 Å². The van der Waals surface area contributed by atoms with Crippen LogP contribution in [0.3, 0.4) is 0 Å². The number of aromatic nitrogens is 4. The van der Waals surface area contributed by atoms with Gasteiger partial charge in [0.15, 0.2) is 0 Å². The monoisotopic (exact) mass is 555 g/mol. The number of fused-ring (bicyclic) bond motifs is 4. The van der Waals surface area contributed by atoms with E-state index in [1.54, 1.807) is 18.5 Å². The highest BCUT2D eigenvalue weighted by atomic mass is 32.1. The van der Waals surface area contributed by atoms with Gasteiger partial charge in [-0.25, -0.2) is 9.97 Å². The Hall–Kier alpha value is -4.35. The molecule has 3 aromatic carbocycles. The van der Waals surface area contributed by atoms with Crippen molar-refractivity contribution in [1.29, 1.82) is 0 Å². The van der Waals surface area contributed by atoms with E-state index in [-0.39, 0.29) is 11.8 Å². The Bertz CT molecular complexity index is 2150. The molecule has 0 N–H and O–H groups in total. The van der Waals surface area contributed by atoms with Crippen LogP contribution < -0.4 is 0 Å². The van der Waals surface area contributed by atoms with Crippen molar-refractivity contribution in [1.82, 2.24) is 19.5 Å². The zero-order valence-electron chi connectivity index (χ0n) is 26.5. The van der Waals surface area contributed by atoms with Gasteiger partial charge in [-0.15, -0.1) is 11.3 Å². The lowest BCUT2D eigenvalue weighted by Gasteiger charge is -2.24. The van der Waals surface area contributed by atoms with E-state index in [0.717, 1.165) is 48.4 Å². The van der Waals surface area contributed by atoms with E-state index in [1.165, 1.54) is 33.6 Å². The van der Waals surface area contributed by atoms with Crippen molar-refractivity contribution in [2.75, 3.05) is 0 Å². The highest BCUT2D eigenvalue weighted by Crippen LogP contribution is 2.44. The van der Waals surface area contributed by atoms with E-state index in [2.05, 4.69) is 78.6 Å². The number of pyridine rings is 2. The molecule has 0 fully saturated rings. The molecule has 0 unspecified atom stereocenters. The molecular weight excluding hydrogens is 520 g/mol. The summed E-state index contributed by atoms with van der Waals surface area (Å²) in [5.74, 6) is 1.21. The average Bonchev–Trinajstić information content (AvgIpc) is 3.59. The van der Waals surface area contributed by atoms with Crippen LogP contribution in [-0.4, -0.2) is 19.5 Å². The number of benzene rings is 3. The molecule has 5 heteroatoms. The predicted octanol–water partition coefficient (Wildman–Crippen LogP) is 10.1. The molecule has 0 amide bonds. The molecule has 0 aliphatic carbocycles. The number of imidazole rings is 1. The van der Waals surface area contributed by atoms with Gasteiger partial charge in [-0.3, -0.25) is 9.55 Å². The van der Waals surface area contributed by atoms with Crippen LogP contribution in [0.5, 0.6) is 0 Å². The van der Waals surface area contributed by atoms with Crippen LogP contribution in [-0.2, 0) is 0 Å². The summed E-state index contributed by atoms with van der Waals surface area (Å²) in [6.07, 6.45) is 5.41. The number of aryl methyl sites for hydroxylation is 1. The van der Waals surface area contributed by atoms with Crippen molar-refractivity contribution >= 4 is 42.7 Å². The van der Waals surface area contributed by atoms with Crippen molar-refractivity contribution in [3.05, 3.63) is 108 Å². The second kappa shape index (κ2) is 9.93. The highest BCUT2D eigenvalue weighted by Gasteiger charge is 2.25. The molecular formula is C36H32N4S. The number of rotatable bonds is 5. The second-order valence-electron chi connectivity index (χ2n) is 11.1. The van der Waals surface area contributed by atoms with Gasteiger partial charge in [0.05, 0.1) is 22.9 Å². The fourth-order valence-corrected chi connectivity index (χ4v) is 7.02. The molecule has 4 nitrogen and oxygen atoms in total. The van der Waals surface area contributed by atoms with Crippen LogP contribution >= 0.6 is 11.3 Å². The summed E-state index contributed by atoms with van der Waals surface area (Å²) in [5.41, 5.74) is 8.85. The Morgan fingerprint density at radius 3 is 2.34 bits per heavy atom. The molecule has 0 aliphatic rings. The second-order valence-corrected chi connectivity index (χ2v) is 12.1. The zero-order chi connectivity index (χ0) is 30.7. The summed E-state index contributed by atoms with van der Waals surface area (Å²) in [5, 5.41) is 1.57. The molecule has 0 aliphatic heterocycles. The lowest BCUT2D eigenvalue weighted by molar-refractivity contribution is 0.811. The molecule has 0 radical (unpaired) electrons. The van der Waals surface area contributed by atoms with Crippen molar-refractivity contribution in [3.63, 3.8) is 0 Å². The molecule has 7 rings (SSSR count). The Labute approximate surface area is 248 Å². The molecule has 4 aromatic heterocycles. The Balaban J connectivity index is 1.61. The summed E-state index contributed by atoms with van der Waals surface area (Å²) >= 11 is 1.52. The third kappa shape index (κ3) is 4.15. The van der Waals surface area contributed by atoms with Gasteiger partial charge in [0.25, 0.3) is 0 Å². The van der Waals surface area contributed by atoms with Gasteiger partial charge in [-0.05, 0) is 82.9 Å². The van der Waals surface area contributed by atoms with Gasteiger partial charge in [0, 0.05) is 37.5 Å². The number of hydrogen-bond donors (Lipinski definition) is 0. The number of hydrogen-bond acceptors (Lipinski definition) is 4. The Morgan fingerprint density at radius 2 is 1.61 bits per heavy atom. The fourth-order valence-electron chi connectivity index (χ4n) is 5.84. The number of thiophene rings is 1. The smallest absolute Gasteiger partial charge is 0.147 e. The molecule has 0 spiro atoms. The SMILES string of the molecule is [2H]C([2H])([2H])c1ccc(-c2nc3ccncc3n2-c2c(C(C)C)cc(-c3ccccc3)cc2C(C)C)c2sc3ncccc3c12. The normalized spacial score (nSPS) is 13.4. The quantitative estimate of drug-likeness (QED) is 0.212. The Kier molecular flexibility index (Phi) is 5.41. The molecule has 0 saturated carbocycles. The van der Waals surface area contributed by atoms with E-state index in [4.69, 9.17) is 9.10 Å². The molecule has 7 aromatic rings. The molecule has 0 saturated heterocycles. The van der Waals surface area contributed by atoms with Crippen LogP contribution in [0.15, 0.2) is 91.4 Å². The van der Waals surface area contributed by atoms with Gasteiger partial charge in [0.1, 0.15) is 10.7 Å². The standard InChI is InChI=1S/C36H32N4S/c1-21(2)28-18-25(24-10-7-6-8-11-24)19-29(22(3)4)33(28)40-31-20-37-17-15-30(31)39-35(40)27-14-13-23(5)32-26-12-9-16-38-36(26)41-34(27)32/h6-22H,1-5H3/i5D3. The van der Waals surface area contributed by atoms with Gasteiger partial charge < -0.3 is 0 Å². The minimum atomic E-state index is -2.27. The van der Waals surface area contributed by atoms with Crippen LogP contribution in [0.1, 0.15) is 60.3 Å². The Morgan fingerprint density at radius 1 is 0.829 bits per heavy atom. The summed E-state index contributed by atoms with van der Waals surface area (Å²) in [6.45, 7) is 6.66. The molecule has 4 heterocycles. The van der Waals surface area contributed by atoms with Crippen molar-refractivity contribution < 1.29 is 4.11 Å². The van der Waals surface area contributed by atoms with Gasteiger partial charge in [-0.2, -0.15) is 0 Å². The third-order valence-corrected chi connectivity index (χ3v) is 8.99. The van der Waals surface area contributed by atoms with Gasteiger partial charge in [0.2, 0.25) is 0 Å². The van der Waals surface area contributed by atoms with E-state index < -0.39 is 6.85 Å². The highest BCUT2D eigenvalue weighted by molar-refractivity contribution is 7.26. The van der Waals surface area contributed by atoms with E-state index >= 15 is 0 Å². The minimum Gasteiger partial charge on any atom is -0.290 e. The maximum atomic E-state index is 8.34. The molecule has 0 atom stereocenters. The van der Waals surface area contributed by atoms with E-state index in [9.17, 15) is 0 Å². The summed E-state index contributed by atoms with van der Waals surface area (Å²) in [4.78, 5) is 15.2. The summed E-state index contributed by atoms with van der Waals surface area (Å²) < 4.78 is 28.1. The largest absolute Gasteiger partial charge is 0.290 e. The maximum absolute atomic E-state index is 8.34. The first kappa shape index (κ1) is 22.4. The first-order chi connectivity index (χ1) is 21.1. The zero-order valence-corrected chi connectivity index (χ0v) is 24.3. The van der Waals surface area contributed by atoms with E-state index in [0.29, 0.717) is 5.56 Å². The predicted molar refractivity (Wildman–Crippen MR) is 173 cm³/mol. The molecule has 202 valence electrons. The van der Waals surface area contributed by atoms with Gasteiger partial charge >= 0.3 is 0 Å². The molecule has 41 heavy (non-hydrogen) atoms. The third-order valence-electron chi connectivity index (χ3n) is 7.84. The fraction of sp³-hybridized carbons (Fsp3) is 0.194. The van der Waals surface area contributed by atoms with Crippen molar-refractivity contribution in [3.8, 4) is 28.2 Å².